The van der Waals surface area contributed by atoms with Crippen LogP contribution in [-0.2, 0) is 6.54 Å². The number of hydrogen-bond acceptors (Lipinski definition) is 11. The van der Waals surface area contributed by atoms with Gasteiger partial charge in [-0.2, -0.15) is 65.9 Å². The summed E-state index contributed by atoms with van der Waals surface area (Å²) in [5.41, 5.74) is 19.4. The molecule has 0 bridgehead atoms. The van der Waals surface area contributed by atoms with Gasteiger partial charge in [-0.25, -0.2) is 14.8 Å². The van der Waals surface area contributed by atoms with E-state index in [1.165, 1.54) is 12.1 Å². The zero-order valence-corrected chi connectivity index (χ0v) is 44.0. The summed E-state index contributed by atoms with van der Waals surface area (Å²) in [5.74, 6) is -0.553. The van der Waals surface area contributed by atoms with Gasteiger partial charge in [0.05, 0.1) is 24.0 Å². The number of halogens is 16. The smallest absolute Gasteiger partial charge is 0.376 e. The molecule has 0 aliphatic carbocycles. The molecule has 0 spiro atoms. The normalized spacial score (nSPS) is 13.3. The Bertz CT molecular complexity index is 2550. The summed E-state index contributed by atoms with van der Waals surface area (Å²) in [6.07, 6.45) is -21.5. The number of amides is 1. The second-order valence-corrected chi connectivity index (χ2v) is 17.7. The van der Waals surface area contributed by atoms with E-state index in [-0.39, 0.29) is 32.9 Å². The third-order valence-corrected chi connectivity index (χ3v) is 10.8. The van der Waals surface area contributed by atoms with E-state index in [2.05, 4.69) is 60.9 Å². The molecule has 422 valence electrons. The van der Waals surface area contributed by atoms with Crippen LogP contribution in [0.5, 0.6) is 0 Å². The summed E-state index contributed by atoms with van der Waals surface area (Å²) in [6, 6.07) is 13.8. The zero-order valence-electron chi connectivity index (χ0n) is 39.9. The summed E-state index contributed by atoms with van der Waals surface area (Å²) in [4.78, 5) is 23.1. The Kier molecular flexibility index (Phi) is 29.1. The molecule has 12 nitrogen and oxygen atoms in total. The minimum absolute atomic E-state index is 0. The van der Waals surface area contributed by atoms with Crippen molar-refractivity contribution in [2.24, 2.45) is 17.2 Å². The predicted molar refractivity (Wildman–Crippen MR) is 275 cm³/mol. The molecule has 5 aromatic rings. The van der Waals surface area contributed by atoms with Crippen molar-refractivity contribution in [1.82, 2.24) is 25.9 Å². The van der Waals surface area contributed by atoms with Crippen LogP contribution in [0.3, 0.4) is 0 Å². The van der Waals surface area contributed by atoms with Gasteiger partial charge >= 0.3 is 30.9 Å². The standard InChI is InChI=1S/C13H10F3N3S.C13H14F3N3S.C11H11F3N2OS.C4H7F3N2S.C3H6F3N.ClH/c1-8(13(14,15)16)18-12-19-11(7-20-12)9-3-5-10(17-2)6-4-9;1-8(13(14,15)16)18-12-19-11(7-20-12)10-4-2-9(6-17)3-5-10;1-7(11(12,13)14)15-10(18)16-9(17)8-5-3-2-4-6-8;1-2(4(5,6)7)9-3(8)10;1-2(7)3(4,5)6;/h3-8H,1H3,(H,18,19);2-5,7-8H,6,17H2,1H3,(H,18,19);2-7H,1H3,(H2,15,16,17,18);2H,1H3,(H3,8,9,10);2H,7H2,1H3;1H/t2*8-;7-;2*2-;/m11111./s1. The lowest BCUT2D eigenvalue weighted by Gasteiger charge is -2.18. The SMILES string of the molecule is C[C@@H](N)C(F)(F)F.C[C@@H](NC(=S)NC(=O)c1ccccc1)C(F)(F)F.C[C@@H](NC(N)=S)C(F)(F)F.C[C@@H](Nc1nc(-c2ccc(CN)cc2)cs1)C(F)(F)F.Cl.[C-]#[N+]c1ccc(-c2csc(N[C@H](C)C(F)(F)F)n2)cc1. The molecule has 0 saturated carbocycles. The van der Waals surface area contributed by atoms with Crippen LogP contribution in [0.4, 0.5) is 81.8 Å². The van der Waals surface area contributed by atoms with Crippen LogP contribution in [0.1, 0.15) is 50.5 Å². The highest BCUT2D eigenvalue weighted by Gasteiger charge is 2.39. The van der Waals surface area contributed by atoms with Crippen molar-refractivity contribution >= 4 is 91.6 Å². The van der Waals surface area contributed by atoms with Gasteiger partial charge in [0.25, 0.3) is 5.91 Å². The molecule has 5 rings (SSSR count). The van der Waals surface area contributed by atoms with Crippen LogP contribution in [0.25, 0.3) is 27.4 Å². The van der Waals surface area contributed by atoms with E-state index in [1.54, 1.807) is 53.2 Å². The number of thiocarbonyl (C=S) groups is 2. The van der Waals surface area contributed by atoms with Crippen LogP contribution in [0, 0.1) is 6.57 Å². The van der Waals surface area contributed by atoms with Crippen LogP contribution in [-0.4, -0.2) is 87.2 Å². The highest BCUT2D eigenvalue weighted by Crippen LogP contribution is 2.31. The molecule has 3 aromatic carbocycles. The third kappa shape index (κ3) is 27.3. The third-order valence-electron chi connectivity index (χ3n) is 8.92. The van der Waals surface area contributed by atoms with Crippen LogP contribution >= 0.6 is 59.5 Å². The number of nitrogens with zero attached hydrogens (tertiary/aromatic N) is 3. The molecule has 2 heterocycles. The molecule has 32 heteroatoms. The zero-order chi connectivity index (χ0) is 57.7. The van der Waals surface area contributed by atoms with Crippen molar-refractivity contribution in [2.45, 2.75) is 102 Å². The summed E-state index contributed by atoms with van der Waals surface area (Å²) in [5, 5.41) is 13.9. The lowest BCUT2D eigenvalue weighted by molar-refractivity contribution is -0.148. The van der Waals surface area contributed by atoms with E-state index in [0.29, 0.717) is 29.2 Å². The quantitative estimate of drug-likeness (QED) is 0.0377. The molecule has 2 aromatic heterocycles. The molecule has 11 N–H and O–H groups in total. The van der Waals surface area contributed by atoms with E-state index in [9.17, 15) is 70.7 Å². The minimum atomic E-state index is -4.42. The first-order valence-electron chi connectivity index (χ1n) is 20.9. The number of nitrogens with two attached hydrogens (primary N) is 3. The van der Waals surface area contributed by atoms with Gasteiger partial charge in [0.2, 0.25) is 0 Å². The number of aromatic nitrogens is 2. The number of rotatable bonds is 10. The monoisotopic (exact) mass is 1200 g/mol. The fourth-order valence-electron chi connectivity index (χ4n) is 4.37. The Balaban J connectivity index is 0.000000963. The predicted octanol–water partition coefficient (Wildman–Crippen LogP) is 12.7. The average Bonchev–Trinajstić information content (AvgIpc) is 3.98. The van der Waals surface area contributed by atoms with Crippen molar-refractivity contribution in [3.8, 4) is 22.5 Å². The molecule has 0 saturated heterocycles. The number of alkyl halides is 15. The van der Waals surface area contributed by atoms with Gasteiger partial charge in [0, 0.05) is 28.4 Å². The maximum absolute atomic E-state index is 12.5. The summed E-state index contributed by atoms with van der Waals surface area (Å²) < 4.78 is 179. The van der Waals surface area contributed by atoms with Gasteiger partial charge in [0.15, 0.2) is 26.2 Å². The largest absolute Gasteiger partial charge is 0.408 e. The Labute approximate surface area is 451 Å². The van der Waals surface area contributed by atoms with Crippen molar-refractivity contribution in [3.05, 3.63) is 112 Å². The van der Waals surface area contributed by atoms with Crippen molar-refractivity contribution < 1.29 is 70.7 Å². The van der Waals surface area contributed by atoms with Gasteiger partial charge in [-0.1, -0.05) is 66.7 Å². The molecule has 0 aliphatic heterocycles. The molecule has 1 amide bonds. The summed E-state index contributed by atoms with van der Waals surface area (Å²) >= 11 is 11.1. The van der Waals surface area contributed by atoms with E-state index >= 15 is 0 Å². The number of carbonyl (C=O) groups excluding carboxylic acids is 1. The lowest BCUT2D eigenvalue weighted by Crippen LogP contribution is -2.48. The number of carbonyl (C=O) groups is 1. The first-order valence-corrected chi connectivity index (χ1v) is 23.5. The van der Waals surface area contributed by atoms with Crippen LogP contribution in [0.2, 0.25) is 0 Å². The second-order valence-electron chi connectivity index (χ2n) is 15.1. The van der Waals surface area contributed by atoms with Gasteiger partial charge in [-0.05, 0) is 82.3 Å². The lowest BCUT2D eigenvalue weighted by atomic mass is 10.1. The number of nitrogens with one attached hydrogen (secondary N) is 5. The second kappa shape index (κ2) is 31.4. The van der Waals surface area contributed by atoms with Crippen LogP contribution < -0.4 is 43.8 Å². The van der Waals surface area contributed by atoms with Crippen LogP contribution in [0.15, 0.2) is 89.6 Å². The average molecular weight is 1200 g/mol. The van der Waals surface area contributed by atoms with E-state index in [1.807, 2.05) is 34.9 Å². The number of hydrogen-bond donors (Lipinski definition) is 8. The molecule has 76 heavy (non-hydrogen) atoms. The molecule has 0 radical (unpaired) electrons. The highest BCUT2D eigenvalue weighted by molar-refractivity contribution is 7.80. The molecular weight excluding hydrogens is 1150 g/mol. The molecular formula is C44H49ClF15N11OS4. The Morgan fingerprint density at radius 3 is 1.30 bits per heavy atom. The number of anilines is 2. The number of thiazole rings is 2. The first-order chi connectivity index (χ1) is 34.4. The fraction of sp³-hybridized carbons (Fsp3) is 0.364. The molecule has 0 unspecified atom stereocenters. The summed E-state index contributed by atoms with van der Waals surface area (Å²) in [7, 11) is 0. The molecule has 0 aliphatic rings. The van der Waals surface area contributed by atoms with Gasteiger partial charge in [-0.15, -0.1) is 35.1 Å². The van der Waals surface area contributed by atoms with E-state index in [4.69, 9.17) is 18.0 Å². The Hall–Kier alpha value is -5.78. The van der Waals surface area contributed by atoms with Crippen molar-refractivity contribution in [1.29, 1.82) is 0 Å². The van der Waals surface area contributed by atoms with Gasteiger partial charge < -0.3 is 38.5 Å². The Morgan fingerprint density at radius 1 is 0.618 bits per heavy atom. The van der Waals surface area contributed by atoms with E-state index < -0.39 is 67.0 Å². The topological polar surface area (TPSA) is 185 Å². The maximum atomic E-state index is 12.5. The summed E-state index contributed by atoms with van der Waals surface area (Å²) in [6.45, 7) is 12.2. The maximum Gasteiger partial charge on any atom is 0.408 e. The molecule has 5 atom stereocenters. The van der Waals surface area contributed by atoms with Gasteiger partial charge in [0.1, 0.15) is 24.2 Å². The fourth-order valence-corrected chi connectivity index (χ4v) is 6.43. The van der Waals surface area contributed by atoms with E-state index in [0.717, 1.165) is 74.0 Å². The number of benzene rings is 3. The van der Waals surface area contributed by atoms with Crippen molar-refractivity contribution in [2.75, 3.05) is 10.6 Å². The highest BCUT2D eigenvalue weighted by atomic mass is 35.5. The molecule has 0 fully saturated rings. The minimum Gasteiger partial charge on any atom is -0.376 e. The Morgan fingerprint density at radius 2 is 0.987 bits per heavy atom. The van der Waals surface area contributed by atoms with Crippen molar-refractivity contribution in [3.63, 3.8) is 0 Å². The van der Waals surface area contributed by atoms with Gasteiger partial charge in [-0.3, -0.25) is 10.1 Å². The first kappa shape index (κ1) is 70.2.